The van der Waals surface area contributed by atoms with Gasteiger partial charge in [-0.15, -0.1) is 10.2 Å². The molecule has 3 rings (SSSR count). The summed E-state index contributed by atoms with van der Waals surface area (Å²) in [6, 6.07) is 7.16. The van der Waals surface area contributed by atoms with E-state index in [1.165, 1.54) is 18.0 Å². The molecule has 0 aliphatic rings. The lowest BCUT2D eigenvalue weighted by molar-refractivity contribution is 0.100. The molecule has 0 aliphatic carbocycles. The molecule has 100 valence electrons. The summed E-state index contributed by atoms with van der Waals surface area (Å²) < 4.78 is 1.83. The van der Waals surface area contributed by atoms with E-state index < -0.39 is 5.91 Å². The fourth-order valence-corrected chi connectivity index (χ4v) is 2.50. The van der Waals surface area contributed by atoms with E-state index in [9.17, 15) is 4.79 Å². The fourth-order valence-electron chi connectivity index (χ4n) is 1.70. The largest absolute Gasteiger partial charge is 0.397 e. The SMILES string of the molecule is NC(=O)c1cc(Sc2nnc3ccccn23)ncc1N. The first-order chi connectivity index (χ1) is 9.65. The van der Waals surface area contributed by atoms with Crippen molar-refractivity contribution in [2.75, 3.05) is 5.73 Å². The van der Waals surface area contributed by atoms with Crippen LogP contribution in [0.15, 0.2) is 46.8 Å². The van der Waals surface area contributed by atoms with Crippen molar-refractivity contribution in [3.8, 4) is 0 Å². The van der Waals surface area contributed by atoms with Crippen molar-refractivity contribution in [2.24, 2.45) is 5.73 Å². The van der Waals surface area contributed by atoms with Crippen LogP contribution in [-0.2, 0) is 0 Å². The van der Waals surface area contributed by atoms with E-state index in [-0.39, 0.29) is 11.3 Å². The molecule has 0 bridgehead atoms. The monoisotopic (exact) mass is 286 g/mol. The van der Waals surface area contributed by atoms with E-state index in [2.05, 4.69) is 15.2 Å². The Hall–Kier alpha value is -2.61. The highest BCUT2D eigenvalue weighted by atomic mass is 32.2. The van der Waals surface area contributed by atoms with Gasteiger partial charge < -0.3 is 11.5 Å². The Kier molecular flexibility index (Phi) is 2.99. The van der Waals surface area contributed by atoms with E-state index in [1.807, 2.05) is 28.8 Å². The van der Waals surface area contributed by atoms with Crippen molar-refractivity contribution in [1.82, 2.24) is 19.6 Å². The van der Waals surface area contributed by atoms with E-state index in [0.717, 1.165) is 5.65 Å². The maximum absolute atomic E-state index is 11.3. The van der Waals surface area contributed by atoms with Crippen LogP contribution in [-0.4, -0.2) is 25.5 Å². The second kappa shape index (κ2) is 4.82. The summed E-state index contributed by atoms with van der Waals surface area (Å²) in [5.41, 5.74) is 12.1. The topological polar surface area (TPSA) is 112 Å². The number of carbonyl (C=O) groups is 1. The Balaban J connectivity index is 1.99. The molecule has 3 aromatic rings. The minimum Gasteiger partial charge on any atom is -0.397 e. The number of anilines is 1. The van der Waals surface area contributed by atoms with E-state index in [0.29, 0.717) is 10.2 Å². The van der Waals surface area contributed by atoms with Crippen LogP contribution in [0.25, 0.3) is 5.65 Å². The third-order valence-electron chi connectivity index (χ3n) is 2.65. The lowest BCUT2D eigenvalue weighted by Crippen LogP contribution is -2.13. The predicted octanol–water partition coefficient (Wildman–Crippen LogP) is 0.957. The van der Waals surface area contributed by atoms with Crippen molar-refractivity contribution < 1.29 is 4.79 Å². The number of carbonyl (C=O) groups excluding carboxylic acids is 1. The molecule has 0 saturated carbocycles. The molecule has 0 unspecified atom stereocenters. The van der Waals surface area contributed by atoms with Gasteiger partial charge in [0, 0.05) is 6.20 Å². The van der Waals surface area contributed by atoms with Gasteiger partial charge in [-0.1, -0.05) is 6.07 Å². The number of primary amides is 1. The summed E-state index contributed by atoms with van der Waals surface area (Å²) >= 11 is 1.28. The van der Waals surface area contributed by atoms with Gasteiger partial charge in [-0.05, 0) is 30.0 Å². The molecular formula is C12H10N6OS. The first-order valence-corrected chi connectivity index (χ1v) is 6.50. The number of nitrogen functional groups attached to an aromatic ring is 1. The minimum absolute atomic E-state index is 0.247. The van der Waals surface area contributed by atoms with Gasteiger partial charge in [0.1, 0.15) is 5.03 Å². The second-order valence-corrected chi connectivity index (χ2v) is 4.98. The molecular weight excluding hydrogens is 276 g/mol. The Labute approximate surface area is 118 Å². The standard InChI is InChI=1S/C12H10N6OS/c13-8-6-15-10(5-7(8)11(14)19)20-12-17-16-9-3-1-2-4-18(9)12/h1-6H,13H2,(H2,14,19). The van der Waals surface area contributed by atoms with Crippen molar-refractivity contribution in [3.05, 3.63) is 42.2 Å². The van der Waals surface area contributed by atoms with Gasteiger partial charge in [0.2, 0.25) is 5.16 Å². The molecule has 0 fully saturated rings. The van der Waals surface area contributed by atoms with Crippen molar-refractivity contribution >= 4 is 29.0 Å². The van der Waals surface area contributed by atoms with Crippen LogP contribution in [0, 0.1) is 0 Å². The number of fused-ring (bicyclic) bond motifs is 1. The second-order valence-electron chi connectivity index (χ2n) is 3.99. The molecule has 8 heteroatoms. The average molecular weight is 286 g/mol. The number of rotatable bonds is 3. The number of pyridine rings is 2. The van der Waals surface area contributed by atoms with Crippen LogP contribution in [0.4, 0.5) is 5.69 Å². The zero-order valence-electron chi connectivity index (χ0n) is 10.2. The van der Waals surface area contributed by atoms with Gasteiger partial charge in [-0.2, -0.15) is 0 Å². The number of nitrogens with two attached hydrogens (primary N) is 2. The van der Waals surface area contributed by atoms with Crippen LogP contribution in [0.3, 0.4) is 0 Å². The van der Waals surface area contributed by atoms with Crippen molar-refractivity contribution in [1.29, 1.82) is 0 Å². The van der Waals surface area contributed by atoms with Crippen LogP contribution in [0.5, 0.6) is 0 Å². The molecule has 20 heavy (non-hydrogen) atoms. The van der Waals surface area contributed by atoms with E-state index in [1.54, 1.807) is 6.07 Å². The van der Waals surface area contributed by atoms with Gasteiger partial charge in [0.05, 0.1) is 17.4 Å². The summed E-state index contributed by atoms with van der Waals surface area (Å²) in [7, 11) is 0. The molecule has 0 saturated heterocycles. The molecule has 0 aromatic carbocycles. The summed E-state index contributed by atoms with van der Waals surface area (Å²) in [4.78, 5) is 15.4. The third kappa shape index (κ3) is 2.16. The number of amides is 1. The number of hydrogen-bond acceptors (Lipinski definition) is 6. The maximum atomic E-state index is 11.3. The van der Waals surface area contributed by atoms with E-state index >= 15 is 0 Å². The average Bonchev–Trinajstić information content (AvgIpc) is 2.84. The minimum atomic E-state index is -0.585. The molecule has 3 heterocycles. The molecule has 0 aliphatic heterocycles. The van der Waals surface area contributed by atoms with Gasteiger partial charge in [-0.25, -0.2) is 4.98 Å². The lowest BCUT2D eigenvalue weighted by Gasteiger charge is -2.04. The molecule has 7 nitrogen and oxygen atoms in total. The molecule has 1 amide bonds. The molecule has 0 atom stereocenters. The van der Waals surface area contributed by atoms with Crippen molar-refractivity contribution in [2.45, 2.75) is 10.2 Å². The lowest BCUT2D eigenvalue weighted by atomic mass is 10.2. The highest BCUT2D eigenvalue weighted by Gasteiger charge is 2.11. The van der Waals surface area contributed by atoms with Crippen LogP contribution in [0.1, 0.15) is 10.4 Å². The number of hydrogen-bond donors (Lipinski definition) is 2. The summed E-state index contributed by atoms with van der Waals surface area (Å²) in [5, 5.41) is 9.34. The number of aromatic nitrogens is 4. The fraction of sp³-hybridized carbons (Fsp3) is 0. The highest BCUT2D eigenvalue weighted by Crippen LogP contribution is 2.26. The molecule has 3 aromatic heterocycles. The summed E-state index contributed by atoms with van der Waals surface area (Å²) in [6.45, 7) is 0. The molecule has 4 N–H and O–H groups in total. The highest BCUT2D eigenvalue weighted by molar-refractivity contribution is 7.99. The van der Waals surface area contributed by atoms with Crippen LogP contribution >= 0.6 is 11.8 Å². The van der Waals surface area contributed by atoms with Crippen LogP contribution < -0.4 is 11.5 Å². The van der Waals surface area contributed by atoms with Crippen molar-refractivity contribution in [3.63, 3.8) is 0 Å². The Morgan fingerprint density at radius 3 is 2.95 bits per heavy atom. The summed E-state index contributed by atoms with van der Waals surface area (Å²) in [5.74, 6) is -0.585. The number of nitrogens with zero attached hydrogens (tertiary/aromatic N) is 4. The Morgan fingerprint density at radius 2 is 2.15 bits per heavy atom. The summed E-state index contributed by atoms with van der Waals surface area (Å²) in [6.07, 6.45) is 3.26. The zero-order chi connectivity index (χ0) is 14.1. The third-order valence-corrected chi connectivity index (χ3v) is 3.55. The van der Waals surface area contributed by atoms with Gasteiger partial charge in [0.25, 0.3) is 5.91 Å². The van der Waals surface area contributed by atoms with Gasteiger partial charge in [-0.3, -0.25) is 9.20 Å². The normalized spacial score (nSPS) is 10.8. The first kappa shape index (κ1) is 12.4. The molecule has 0 radical (unpaired) electrons. The first-order valence-electron chi connectivity index (χ1n) is 5.68. The van der Waals surface area contributed by atoms with Crippen LogP contribution in [0.2, 0.25) is 0 Å². The maximum Gasteiger partial charge on any atom is 0.250 e. The quantitative estimate of drug-likeness (QED) is 0.741. The Bertz CT molecular complexity index is 799. The smallest absolute Gasteiger partial charge is 0.250 e. The predicted molar refractivity (Wildman–Crippen MR) is 74.3 cm³/mol. The molecule has 0 spiro atoms. The Morgan fingerprint density at radius 1 is 1.30 bits per heavy atom. The van der Waals surface area contributed by atoms with Gasteiger partial charge in [0.15, 0.2) is 5.65 Å². The van der Waals surface area contributed by atoms with E-state index in [4.69, 9.17) is 11.5 Å². The zero-order valence-corrected chi connectivity index (χ0v) is 11.0. The van der Waals surface area contributed by atoms with Gasteiger partial charge >= 0.3 is 0 Å².